The van der Waals surface area contributed by atoms with Gasteiger partial charge in [-0.05, 0) is 37.3 Å². The van der Waals surface area contributed by atoms with Crippen LogP contribution in [0.25, 0.3) is 5.78 Å². The van der Waals surface area contributed by atoms with Crippen molar-refractivity contribution in [2.75, 3.05) is 12.3 Å². The van der Waals surface area contributed by atoms with Crippen molar-refractivity contribution in [3.8, 4) is 0 Å². The lowest BCUT2D eigenvalue weighted by Crippen LogP contribution is -2.26. The third-order valence-electron chi connectivity index (χ3n) is 3.10. The number of hydrogen-bond donors (Lipinski definition) is 1. The van der Waals surface area contributed by atoms with Crippen LogP contribution in [0.3, 0.4) is 0 Å². The summed E-state index contributed by atoms with van der Waals surface area (Å²) in [6, 6.07) is 9.41. The highest BCUT2D eigenvalue weighted by molar-refractivity contribution is 7.99. The Labute approximate surface area is 142 Å². The first kappa shape index (κ1) is 15.8. The molecule has 0 atom stereocenters. The minimum absolute atomic E-state index is 0.128. The van der Waals surface area contributed by atoms with E-state index in [2.05, 4.69) is 20.4 Å². The summed E-state index contributed by atoms with van der Waals surface area (Å²) in [5.41, 5.74) is 0.875. The number of aromatic nitrogens is 4. The van der Waals surface area contributed by atoms with Crippen molar-refractivity contribution in [3.63, 3.8) is 0 Å². The molecule has 0 fully saturated rings. The molecule has 3 rings (SSSR count). The standard InChI is InChI=1S/C15H14ClN5OS/c1-10-6-7-18-15-19-13(20-21(10)15)14(22)17-8-9-23-12-4-2-11(16)3-5-12/h2-7H,8-9H2,1H3,(H,17,22). The van der Waals surface area contributed by atoms with Crippen LogP contribution >= 0.6 is 23.4 Å². The van der Waals surface area contributed by atoms with Gasteiger partial charge in [0.1, 0.15) is 0 Å². The molecule has 0 aliphatic rings. The Balaban J connectivity index is 1.54. The molecule has 0 aliphatic carbocycles. The average Bonchev–Trinajstić information content (AvgIpc) is 2.99. The van der Waals surface area contributed by atoms with Gasteiger partial charge >= 0.3 is 0 Å². The number of thioether (sulfide) groups is 1. The van der Waals surface area contributed by atoms with Crippen molar-refractivity contribution in [2.45, 2.75) is 11.8 Å². The average molecular weight is 348 g/mol. The Bertz CT molecular complexity index is 834. The van der Waals surface area contributed by atoms with Gasteiger partial charge in [0.05, 0.1) is 0 Å². The molecule has 0 saturated heterocycles. The van der Waals surface area contributed by atoms with Crippen LogP contribution in [-0.4, -0.2) is 37.8 Å². The van der Waals surface area contributed by atoms with E-state index < -0.39 is 0 Å². The zero-order valence-electron chi connectivity index (χ0n) is 12.4. The fourth-order valence-corrected chi connectivity index (χ4v) is 2.84. The molecule has 1 N–H and O–H groups in total. The number of fused-ring (bicyclic) bond motifs is 1. The highest BCUT2D eigenvalue weighted by atomic mass is 35.5. The van der Waals surface area contributed by atoms with Gasteiger partial charge in [0.25, 0.3) is 11.7 Å². The zero-order valence-corrected chi connectivity index (χ0v) is 13.9. The summed E-state index contributed by atoms with van der Waals surface area (Å²) in [5.74, 6) is 0.999. The first-order chi connectivity index (χ1) is 11.1. The summed E-state index contributed by atoms with van der Waals surface area (Å²) in [5, 5.41) is 7.69. The maximum atomic E-state index is 12.1. The Kier molecular flexibility index (Phi) is 4.78. The lowest BCUT2D eigenvalue weighted by Gasteiger charge is -2.03. The van der Waals surface area contributed by atoms with E-state index in [0.29, 0.717) is 17.3 Å². The van der Waals surface area contributed by atoms with Gasteiger partial charge < -0.3 is 5.32 Å². The Morgan fingerprint density at radius 3 is 2.83 bits per heavy atom. The second kappa shape index (κ2) is 6.97. The third-order valence-corrected chi connectivity index (χ3v) is 4.37. The molecule has 1 amide bonds. The molecule has 0 radical (unpaired) electrons. The molecule has 0 unspecified atom stereocenters. The topological polar surface area (TPSA) is 72.2 Å². The van der Waals surface area contributed by atoms with Gasteiger partial charge in [-0.3, -0.25) is 4.79 Å². The number of amides is 1. The number of benzene rings is 1. The Hall–Kier alpha value is -2.12. The number of nitrogens with zero attached hydrogens (tertiary/aromatic N) is 4. The van der Waals surface area contributed by atoms with E-state index >= 15 is 0 Å². The minimum Gasteiger partial charge on any atom is -0.348 e. The molecular weight excluding hydrogens is 334 g/mol. The highest BCUT2D eigenvalue weighted by Gasteiger charge is 2.13. The molecule has 1 aromatic carbocycles. The molecule has 2 heterocycles. The van der Waals surface area contributed by atoms with Crippen LogP contribution in [0, 0.1) is 6.92 Å². The number of rotatable bonds is 5. The molecule has 2 aromatic heterocycles. The molecule has 0 saturated carbocycles. The predicted octanol–water partition coefficient (Wildman–Crippen LogP) is 2.61. The molecule has 23 heavy (non-hydrogen) atoms. The van der Waals surface area contributed by atoms with Crippen molar-refractivity contribution >= 4 is 35.0 Å². The number of carbonyl (C=O) groups is 1. The van der Waals surface area contributed by atoms with Gasteiger partial charge in [-0.1, -0.05) is 11.6 Å². The number of carbonyl (C=O) groups excluding carboxylic acids is 1. The number of hydrogen-bond acceptors (Lipinski definition) is 5. The maximum absolute atomic E-state index is 12.1. The van der Waals surface area contributed by atoms with E-state index in [9.17, 15) is 4.79 Å². The molecule has 0 bridgehead atoms. The summed E-state index contributed by atoms with van der Waals surface area (Å²) in [6.07, 6.45) is 1.64. The van der Waals surface area contributed by atoms with E-state index in [1.54, 1.807) is 22.5 Å². The van der Waals surface area contributed by atoms with Gasteiger partial charge in [-0.25, -0.2) is 9.50 Å². The second-order valence-electron chi connectivity index (χ2n) is 4.79. The van der Waals surface area contributed by atoms with Crippen LogP contribution in [0.2, 0.25) is 5.02 Å². The predicted molar refractivity (Wildman–Crippen MR) is 90.0 cm³/mol. The molecule has 0 aliphatic heterocycles. The van der Waals surface area contributed by atoms with Gasteiger partial charge in [0.2, 0.25) is 5.82 Å². The molecule has 6 nitrogen and oxygen atoms in total. The molecular formula is C15H14ClN5OS. The van der Waals surface area contributed by atoms with Gasteiger partial charge in [0, 0.05) is 34.1 Å². The van der Waals surface area contributed by atoms with Crippen LogP contribution in [0.5, 0.6) is 0 Å². The lowest BCUT2D eigenvalue weighted by atomic mass is 10.4. The van der Waals surface area contributed by atoms with Gasteiger partial charge in [-0.2, -0.15) is 4.98 Å². The largest absolute Gasteiger partial charge is 0.348 e. The smallest absolute Gasteiger partial charge is 0.291 e. The first-order valence-corrected chi connectivity index (χ1v) is 8.35. The monoisotopic (exact) mass is 347 g/mol. The highest BCUT2D eigenvalue weighted by Crippen LogP contribution is 2.19. The molecule has 0 spiro atoms. The van der Waals surface area contributed by atoms with Gasteiger partial charge in [-0.15, -0.1) is 16.9 Å². The van der Waals surface area contributed by atoms with Crippen molar-refractivity contribution < 1.29 is 4.79 Å². The molecule has 8 heteroatoms. The van der Waals surface area contributed by atoms with Crippen LogP contribution in [0.15, 0.2) is 41.4 Å². The summed E-state index contributed by atoms with van der Waals surface area (Å²) < 4.78 is 1.55. The maximum Gasteiger partial charge on any atom is 0.291 e. The quantitative estimate of drug-likeness (QED) is 0.567. The van der Waals surface area contributed by atoms with Crippen LogP contribution in [-0.2, 0) is 0 Å². The fraction of sp³-hybridized carbons (Fsp3) is 0.200. The van der Waals surface area contributed by atoms with E-state index in [1.807, 2.05) is 37.3 Å². The summed E-state index contributed by atoms with van der Waals surface area (Å²) in [6.45, 7) is 2.40. The molecule has 3 aromatic rings. The summed E-state index contributed by atoms with van der Waals surface area (Å²) in [4.78, 5) is 21.4. The van der Waals surface area contributed by atoms with Crippen molar-refractivity contribution in [1.82, 2.24) is 24.9 Å². The van der Waals surface area contributed by atoms with Gasteiger partial charge in [0.15, 0.2) is 0 Å². The SMILES string of the molecule is Cc1ccnc2nc(C(=O)NCCSc3ccc(Cl)cc3)nn12. The van der Waals surface area contributed by atoms with E-state index in [-0.39, 0.29) is 11.7 Å². The normalized spacial score (nSPS) is 10.9. The number of nitrogens with one attached hydrogen (secondary N) is 1. The zero-order chi connectivity index (χ0) is 16.2. The Morgan fingerprint density at radius 1 is 1.30 bits per heavy atom. The third kappa shape index (κ3) is 3.80. The van der Waals surface area contributed by atoms with E-state index in [4.69, 9.17) is 11.6 Å². The summed E-state index contributed by atoms with van der Waals surface area (Å²) in [7, 11) is 0. The van der Waals surface area contributed by atoms with Crippen LogP contribution < -0.4 is 5.32 Å². The minimum atomic E-state index is -0.299. The van der Waals surface area contributed by atoms with Crippen LogP contribution in [0.1, 0.15) is 16.3 Å². The second-order valence-corrected chi connectivity index (χ2v) is 6.40. The Morgan fingerprint density at radius 2 is 2.09 bits per heavy atom. The van der Waals surface area contributed by atoms with Crippen molar-refractivity contribution in [1.29, 1.82) is 0 Å². The van der Waals surface area contributed by atoms with E-state index in [0.717, 1.165) is 16.3 Å². The lowest BCUT2D eigenvalue weighted by molar-refractivity contribution is 0.0946. The van der Waals surface area contributed by atoms with E-state index in [1.165, 1.54) is 0 Å². The fourth-order valence-electron chi connectivity index (χ4n) is 1.95. The number of aryl methyl sites for hydroxylation is 1. The molecule has 118 valence electrons. The van der Waals surface area contributed by atoms with Crippen LogP contribution in [0.4, 0.5) is 0 Å². The van der Waals surface area contributed by atoms with Crippen molar-refractivity contribution in [2.24, 2.45) is 0 Å². The number of halogens is 1. The van der Waals surface area contributed by atoms with Crippen molar-refractivity contribution in [3.05, 3.63) is 53.1 Å². The summed E-state index contributed by atoms with van der Waals surface area (Å²) >= 11 is 7.48. The first-order valence-electron chi connectivity index (χ1n) is 6.98.